The minimum absolute atomic E-state index is 0.0757. The van der Waals surface area contributed by atoms with Crippen molar-refractivity contribution in [2.75, 3.05) is 0 Å². The van der Waals surface area contributed by atoms with Gasteiger partial charge >= 0.3 is 6.03 Å². The molecule has 3 aromatic rings. The number of nitrogens with zero attached hydrogens (tertiary/aromatic N) is 1. The molecule has 0 bridgehead atoms. The number of fused-ring (bicyclic) bond motifs is 1. The summed E-state index contributed by atoms with van der Waals surface area (Å²) in [5, 5.41) is 16.4. The van der Waals surface area contributed by atoms with Crippen molar-refractivity contribution in [3.63, 3.8) is 0 Å². The summed E-state index contributed by atoms with van der Waals surface area (Å²) in [4.78, 5) is 28.1. The van der Waals surface area contributed by atoms with Gasteiger partial charge in [0.15, 0.2) is 5.96 Å². The molecule has 1 atom stereocenters. The highest BCUT2D eigenvalue weighted by molar-refractivity contribution is 5.97. The molecule has 0 radical (unpaired) electrons. The molecule has 3 rings (SSSR count). The van der Waals surface area contributed by atoms with E-state index in [4.69, 9.17) is 11.5 Å². The molecule has 0 aliphatic heterocycles. The molecule has 0 fully saturated rings. The van der Waals surface area contributed by atoms with E-state index in [9.17, 15) is 14.7 Å². The summed E-state index contributed by atoms with van der Waals surface area (Å²) in [6.07, 6.45) is 0.177. The summed E-state index contributed by atoms with van der Waals surface area (Å²) in [5.74, 6) is -0.659. The smallest absolute Gasteiger partial charge is 0.322 e. The van der Waals surface area contributed by atoms with Gasteiger partial charge in [-0.15, -0.1) is 0 Å². The first-order valence-electron chi connectivity index (χ1n) is 9.33. The van der Waals surface area contributed by atoms with E-state index < -0.39 is 18.0 Å². The number of aromatic hydroxyl groups is 1. The van der Waals surface area contributed by atoms with Crippen molar-refractivity contribution in [2.45, 2.75) is 19.0 Å². The maximum absolute atomic E-state index is 12.2. The first kappa shape index (κ1) is 20.7. The minimum atomic E-state index is -0.944. The highest BCUT2D eigenvalue weighted by Crippen LogP contribution is 2.19. The number of nitrogens with one attached hydrogen (secondary N) is 2. The van der Waals surface area contributed by atoms with Gasteiger partial charge in [0.2, 0.25) is 5.91 Å². The van der Waals surface area contributed by atoms with E-state index in [0.29, 0.717) is 6.54 Å². The highest BCUT2D eigenvalue weighted by Gasteiger charge is 2.19. The van der Waals surface area contributed by atoms with Crippen molar-refractivity contribution >= 4 is 28.7 Å². The van der Waals surface area contributed by atoms with Crippen molar-refractivity contribution in [1.29, 1.82) is 0 Å². The second kappa shape index (κ2) is 9.42. The van der Waals surface area contributed by atoms with Gasteiger partial charge in [0.25, 0.3) is 0 Å². The molecular weight excluding hydrogens is 382 g/mol. The monoisotopic (exact) mass is 405 g/mol. The molecule has 0 heterocycles. The highest BCUT2D eigenvalue weighted by atomic mass is 16.3. The molecule has 3 amide bonds. The quantitative estimate of drug-likeness (QED) is 0.314. The SMILES string of the molecule is NC(=O)C(Cc1ccc(O)cc1)NC(=O)NC(N)=NCc1cccc2ccccc12. The summed E-state index contributed by atoms with van der Waals surface area (Å²) in [6, 6.07) is 18.4. The van der Waals surface area contributed by atoms with E-state index >= 15 is 0 Å². The van der Waals surface area contributed by atoms with Crippen LogP contribution in [-0.2, 0) is 17.8 Å². The lowest BCUT2D eigenvalue weighted by Crippen LogP contribution is -2.52. The van der Waals surface area contributed by atoms with Crippen LogP contribution in [0.15, 0.2) is 71.7 Å². The van der Waals surface area contributed by atoms with Crippen LogP contribution in [0.25, 0.3) is 10.8 Å². The number of nitrogens with two attached hydrogens (primary N) is 2. The van der Waals surface area contributed by atoms with Gasteiger partial charge in [0, 0.05) is 6.42 Å². The summed E-state index contributed by atoms with van der Waals surface area (Å²) in [6.45, 7) is 0.292. The number of phenolic OH excluding ortho intramolecular Hbond substituents is 1. The van der Waals surface area contributed by atoms with Crippen LogP contribution in [0.1, 0.15) is 11.1 Å². The fraction of sp³-hybridized carbons (Fsp3) is 0.136. The number of rotatable bonds is 6. The topological polar surface area (TPSA) is 143 Å². The lowest BCUT2D eigenvalue weighted by Gasteiger charge is -2.16. The number of benzene rings is 3. The van der Waals surface area contributed by atoms with Gasteiger partial charge in [-0.05, 0) is 34.0 Å². The third kappa shape index (κ3) is 5.48. The molecule has 8 nitrogen and oxygen atoms in total. The van der Waals surface area contributed by atoms with E-state index in [0.717, 1.165) is 21.9 Å². The Hall–Kier alpha value is -4.07. The van der Waals surface area contributed by atoms with Crippen LogP contribution < -0.4 is 22.1 Å². The molecule has 7 N–H and O–H groups in total. The van der Waals surface area contributed by atoms with Gasteiger partial charge < -0.3 is 21.9 Å². The summed E-state index contributed by atoms with van der Waals surface area (Å²) in [7, 11) is 0. The maximum atomic E-state index is 12.2. The molecule has 0 aromatic heterocycles. The second-order valence-electron chi connectivity index (χ2n) is 6.76. The molecule has 3 aromatic carbocycles. The Balaban J connectivity index is 1.60. The van der Waals surface area contributed by atoms with E-state index in [1.807, 2.05) is 42.5 Å². The van der Waals surface area contributed by atoms with E-state index in [1.165, 1.54) is 12.1 Å². The van der Waals surface area contributed by atoms with Gasteiger partial charge in [0.1, 0.15) is 11.8 Å². The summed E-state index contributed by atoms with van der Waals surface area (Å²) < 4.78 is 0. The first-order valence-corrected chi connectivity index (χ1v) is 9.33. The van der Waals surface area contributed by atoms with Gasteiger partial charge in [-0.2, -0.15) is 0 Å². The molecule has 1 unspecified atom stereocenters. The van der Waals surface area contributed by atoms with E-state index in [2.05, 4.69) is 15.6 Å². The van der Waals surface area contributed by atoms with Crippen LogP contribution in [0.5, 0.6) is 5.75 Å². The van der Waals surface area contributed by atoms with Crippen LogP contribution in [0, 0.1) is 0 Å². The van der Waals surface area contributed by atoms with Gasteiger partial charge in [-0.25, -0.2) is 9.79 Å². The number of urea groups is 1. The van der Waals surface area contributed by atoms with Gasteiger partial charge in [0.05, 0.1) is 6.54 Å². The van der Waals surface area contributed by atoms with Crippen molar-refractivity contribution in [3.8, 4) is 5.75 Å². The molecular formula is C22H23N5O3. The zero-order chi connectivity index (χ0) is 21.5. The lowest BCUT2D eigenvalue weighted by atomic mass is 10.1. The molecule has 0 aliphatic rings. The Morgan fingerprint density at radius 1 is 0.967 bits per heavy atom. The van der Waals surface area contributed by atoms with Crippen molar-refractivity contribution in [3.05, 3.63) is 77.9 Å². The second-order valence-corrected chi connectivity index (χ2v) is 6.76. The zero-order valence-electron chi connectivity index (χ0n) is 16.2. The molecule has 8 heteroatoms. The Kier molecular flexibility index (Phi) is 6.49. The van der Waals surface area contributed by atoms with Crippen LogP contribution >= 0.6 is 0 Å². The summed E-state index contributed by atoms with van der Waals surface area (Å²) >= 11 is 0. The average Bonchev–Trinajstić information content (AvgIpc) is 2.73. The van der Waals surface area contributed by atoms with Crippen LogP contribution in [0.4, 0.5) is 4.79 Å². The number of carbonyl (C=O) groups excluding carboxylic acids is 2. The molecule has 0 spiro atoms. The van der Waals surface area contributed by atoms with Crippen LogP contribution in [0.2, 0.25) is 0 Å². The number of hydrogen-bond acceptors (Lipinski definition) is 4. The standard InChI is InChI=1S/C22H23N5O3/c23-20(29)19(12-14-8-10-17(28)11-9-14)26-22(30)27-21(24)25-13-16-6-3-5-15-4-1-2-7-18(15)16/h1-11,19,28H,12-13H2,(H2,23,29)(H4,24,25,26,27,30). The van der Waals surface area contributed by atoms with E-state index in [1.54, 1.807) is 12.1 Å². The number of amides is 3. The molecule has 0 aliphatic carbocycles. The Morgan fingerprint density at radius 3 is 2.40 bits per heavy atom. The normalized spacial score (nSPS) is 12.3. The number of carbonyl (C=O) groups is 2. The van der Waals surface area contributed by atoms with E-state index in [-0.39, 0.29) is 18.1 Å². The summed E-state index contributed by atoms with van der Waals surface area (Å²) in [5.41, 5.74) is 12.9. The number of phenols is 1. The van der Waals surface area contributed by atoms with Crippen LogP contribution in [-0.4, -0.2) is 29.0 Å². The number of hydrogen-bond donors (Lipinski definition) is 5. The Bertz CT molecular complexity index is 1070. The Morgan fingerprint density at radius 2 is 1.67 bits per heavy atom. The minimum Gasteiger partial charge on any atom is -0.508 e. The molecule has 0 saturated heterocycles. The predicted molar refractivity (Wildman–Crippen MR) is 116 cm³/mol. The number of primary amides is 1. The average molecular weight is 405 g/mol. The zero-order valence-corrected chi connectivity index (χ0v) is 16.2. The van der Waals surface area contributed by atoms with Gasteiger partial charge in [-0.1, -0.05) is 54.6 Å². The molecule has 0 saturated carbocycles. The van der Waals surface area contributed by atoms with Crippen molar-refractivity contribution < 1.29 is 14.7 Å². The third-order valence-electron chi connectivity index (χ3n) is 4.57. The maximum Gasteiger partial charge on any atom is 0.322 e. The van der Waals surface area contributed by atoms with Crippen LogP contribution in [0.3, 0.4) is 0 Å². The first-order chi connectivity index (χ1) is 14.4. The largest absolute Gasteiger partial charge is 0.508 e. The van der Waals surface area contributed by atoms with Crippen molar-refractivity contribution in [2.24, 2.45) is 16.5 Å². The fourth-order valence-electron chi connectivity index (χ4n) is 3.04. The van der Waals surface area contributed by atoms with Crippen molar-refractivity contribution in [1.82, 2.24) is 10.6 Å². The Labute approximate surface area is 173 Å². The third-order valence-corrected chi connectivity index (χ3v) is 4.57. The molecule has 30 heavy (non-hydrogen) atoms. The predicted octanol–water partition coefficient (Wildman–Crippen LogP) is 1.76. The number of guanidine groups is 1. The lowest BCUT2D eigenvalue weighted by molar-refractivity contribution is -0.119. The number of aliphatic imine (C=N–C) groups is 1. The van der Waals surface area contributed by atoms with Gasteiger partial charge in [-0.3, -0.25) is 10.1 Å². The molecule has 154 valence electrons. The fourth-order valence-corrected chi connectivity index (χ4v) is 3.04.